The fraction of sp³-hybridized carbons (Fsp3) is 0.533. The maximum absolute atomic E-state index is 13.8. The highest BCUT2D eigenvalue weighted by atomic mass is 35.5. The Balaban J connectivity index is 0.00000288. The van der Waals surface area contributed by atoms with Crippen molar-refractivity contribution in [3.63, 3.8) is 0 Å². The minimum atomic E-state index is -3.07. The van der Waals surface area contributed by atoms with E-state index in [4.69, 9.17) is 10.5 Å². The van der Waals surface area contributed by atoms with Crippen LogP contribution in [0.5, 0.6) is 5.75 Å². The van der Waals surface area contributed by atoms with Crippen molar-refractivity contribution in [1.82, 2.24) is 5.32 Å². The van der Waals surface area contributed by atoms with Gasteiger partial charge in [-0.05, 0) is 25.0 Å². The smallest absolute Gasteiger partial charge is 0.387 e. The van der Waals surface area contributed by atoms with E-state index < -0.39 is 17.8 Å². The molecule has 0 atom stereocenters. The summed E-state index contributed by atoms with van der Waals surface area (Å²) in [4.78, 5) is 12.4. The number of carbonyl (C=O) groups is 1. The van der Waals surface area contributed by atoms with Gasteiger partial charge in [-0.2, -0.15) is 8.78 Å². The first-order chi connectivity index (χ1) is 11.0. The van der Waals surface area contributed by atoms with Crippen LogP contribution in [0.3, 0.4) is 0 Å². The lowest BCUT2D eigenvalue weighted by molar-refractivity contribution is -0.136. The molecule has 24 heavy (non-hydrogen) atoms. The van der Waals surface area contributed by atoms with Gasteiger partial charge < -0.3 is 20.5 Å². The number of amides is 1. The van der Waals surface area contributed by atoms with E-state index in [0.29, 0.717) is 26.1 Å². The molecule has 0 aromatic heterocycles. The number of hydrogen-bond acceptors (Lipinski definition) is 4. The molecule has 136 valence electrons. The van der Waals surface area contributed by atoms with Crippen LogP contribution in [0, 0.1) is 11.2 Å². The molecule has 0 saturated carbocycles. The standard InChI is InChI=1S/C15H19F3N2O3.ClH/c16-11-2-1-3-12(23-14(17)18)10(11)8-20-13(21)15(9-19)4-6-22-7-5-15;/h1-3,14H,4-9,19H2,(H,20,21);1H. The van der Waals surface area contributed by atoms with Gasteiger partial charge in [0.1, 0.15) is 11.6 Å². The zero-order valence-electron chi connectivity index (χ0n) is 12.9. The number of nitrogens with two attached hydrogens (primary N) is 1. The molecule has 0 aliphatic carbocycles. The second-order valence-corrected chi connectivity index (χ2v) is 5.37. The average molecular weight is 369 g/mol. The Labute approximate surface area is 144 Å². The quantitative estimate of drug-likeness (QED) is 0.807. The van der Waals surface area contributed by atoms with Gasteiger partial charge in [-0.25, -0.2) is 4.39 Å². The van der Waals surface area contributed by atoms with Crippen LogP contribution in [0.2, 0.25) is 0 Å². The molecule has 1 aliphatic heterocycles. The molecule has 0 bridgehead atoms. The summed E-state index contributed by atoms with van der Waals surface area (Å²) in [5, 5.41) is 2.58. The van der Waals surface area contributed by atoms with E-state index in [1.807, 2.05) is 0 Å². The van der Waals surface area contributed by atoms with Gasteiger partial charge in [-0.15, -0.1) is 12.4 Å². The van der Waals surface area contributed by atoms with Gasteiger partial charge in [0.2, 0.25) is 5.91 Å². The Morgan fingerprint density at radius 3 is 2.62 bits per heavy atom. The number of carbonyl (C=O) groups excluding carboxylic acids is 1. The lowest BCUT2D eigenvalue weighted by atomic mass is 9.79. The SMILES string of the molecule is Cl.NCC1(C(=O)NCc2c(F)cccc2OC(F)F)CCOCC1. The summed E-state index contributed by atoms with van der Waals surface area (Å²) in [6.45, 7) is -2.35. The van der Waals surface area contributed by atoms with Gasteiger partial charge in [-0.3, -0.25) is 4.79 Å². The number of alkyl halides is 2. The van der Waals surface area contributed by atoms with E-state index in [1.165, 1.54) is 12.1 Å². The lowest BCUT2D eigenvalue weighted by Gasteiger charge is -2.34. The molecular weight excluding hydrogens is 349 g/mol. The van der Waals surface area contributed by atoms with Crippen LogP contribution in [-0.2, 0) is 16.1 Å². The Bertz CT molecular complexity index is 555. The predicted molar refractivity (Wildman–Crippen MR) is 83.7 cm³/mol. The summed E-state index contributed by atoms with van der Waals surface area (Å²) in [6.07, 6.45) is 0.931. The van der Waals surface area contributed by atoms with Gasteiger partial charge in [0, 0.05) is 31.9 Å². The molecule has 1 saturated heterocycles. The maximum Gasteiger partial charge on any atom is 0.387 e. The highest BCUT2D eigenvalue weighted by molar-refractivity contribution is 5.85. The van der Waals surface area contributed by atoms with Gasteiger partial charge in [-0.1, -0.05) is 6.07 Å². The second kappa shape index (κ2) is 9.10. The summed E-state index contributed by atoms with van der Waals surface area (Å²) < 4.78 is 48.1. The molecule has 1 aromatic carbocycles. The molecule has 3 N–H and O–H groups in total. The van der Waals surface area contributed by atoms with Crippen molar-refractivity contribution in [2.75, 3.05) is 19.8 Å². The highest BCUT2D eigenvalue weighted by Crippen LogP contribution is 2.30. The highest BCUT2D eigenvalue weighted by Gasteiger charge is 2.38. The van der Waals surface area contributed by atoms with Crippen molar-refractivity contribution >= 4 is 18.3 Å². The first kappa shape index (κ1) is 20.5. The minimum absolute atomic E-state index is 0. The van der Waals surface area contributed by atoms with Crippen molar-refractivity contribution < 1.29 is 27.4 Å². The van der Waals surface area contributed by atoms with E-state index in [2.05, 4.69) is 10.1 Å². The minimum Gasteiger partial charge on any atom is -0.434 e. The van der Waals surface area contributed by atoms with E-state index >= 15 is 0 Å². The molecule has 0 unspecified atom stereocenters. The summed E-state index contributed by atoms with van der Waals surface area (Å²) in [6, 6.07) is 3.61. The molecule has 0 radical (unpaired) electrons. The van der Waals surface area contributed by atoms with Gasteiger partial charge in [0.15, 0.2) is 0 Å². The zero-order valence-corrected chi connectivity index (χ0v) is 13.7. The van der Waals surface area contributed by atoms with E-state index in [0.717, 1.165) is 6.07 Å². The third-order valence-corrected chi connectivity index (χ3v) is 4.04. The first-order valence-electron chi connectivity index (χ1n) is 7.27. The molecule has 1 aliphatic rings. The number of hydrogen-bond donors (Lipinski definition) is 2. The molecule has 1 amide bonds. The molecule has 0 spiro atoms. The van der Waals surface area contributed by atoms with Gasteiger partial charge in [0.25, 0.3) is 0 Å². The fourth-order valence-corrected chi connectivity index (χ4v) is 2.56. The topological polar surface area (TPSA) is 73.6 Å². The van der Waals surface area contributed by atoms with Gasteiger partial charge >= 0.3 is 6.61 Å². The third-order valence-electron chi connectivity index (χ3n) is 4.04. The van der Waals surface area contributed by atoms with Crippen molar-refractivity contribution in [3.05, 3.63) is 29.6 Å². The normalized spacial score (nSPS) is 16.4. The molecule has 1 heterocycles. The third kappa shape index (κ3) is 4.75. The Morgan fingerprint density at radius 1 is 1.38 bits per heavy atom. The molecule has 1 aromatic rings. The Morgan fingerprint density at radius 2 is 2.04 bits per heavy atom. The summed E-state index contributed by atoms with van der Waals surface area (Å²) in [7, 11) is 0. The van der Waals surface area contributed by atoms with Crippen molar-refractivity contribution in [1.29, 1.82) is 0 Å². The largest absolute Gasteiger partial charge is 0.434 e. The van der Waals surface area contributed by atoms with Crippen LogP contribution in [0.1, 0.15) is 18.4 Å². The maximum atomic E-state index is 13.8. The average Bonchev–Trinajstić information content (AvgIpc) is 2.54. The van der Waals surface area contributed by atoms with Crippen molar-refractivity contribution in [2.45, 2.75) is 26.0 Å². The molecular formula is C15H20ClF3N2O3. The van der Waals surface area contributed by atoms with Crippen LogP contribution in [0.15, 0.2) is 18.2 Å². The Kier molecular flexibility index (Phi) is 7.78. The van der Waals surface area contributed by atoms with E-state index in [-0.39, 0.29) is 42.7 Å². The van der Waals surface area contributed by atoms with Crippen LogP contribution < -0.4 is 15.8 Å². The number of halogens is 4. The van der Waals surface area contributed by atoms with Crippen LogP contribution in [-0.4, -0.2) is 32.3 Å². The Hall–Kier alpha value is -1.51. The van der Waals surface area contributed by atoms with Crippen molar-refractivity contribution in [2.24, 2.45) is 11.1 Å². The van der Waals surface area contributed by atoms with Gasteiger partial charge in [0.05, 0.1) is 5.41 Å². The summed E-state index contributed by atoms with van der Waals surface area (Å²) in [5.41, 5.74) is 4.82. The fourth-order valence-electron chi connectivity index (χ4n) is 2.56. The lowest BCUT2D eigenvalue weighted by Crippen LogP contribution is -2.49. The molecule has 1 fully saturated rings. The zero-order chi connectivity index (χ0) is 16.9. The molecule has 5 nitrogen and oxygen atoms in total. The number of nitrogens with one attached hydrogen (secondary N) is 1. The summed E-state index contributed by atoms with van der Waals surface area (Å²) >= 11 is 0. The summed E-state index contributed by atoms with van der Waals surface area (Å²) in [5.74, 6) is -1.36. The first-order valence-corrected chi connectivity index (χ1v) is 7.27. The second-order valence-electron chi connectivity index (χ2n) is 5.37. The molecule has 9 heteroatoms. The predicted octanol–water partition coefficient (Wildman–Crippen LogP) is 2.22. The number of rotatable bonds is 6. The van der Waals surface area contributed by atoms with Crippen molar-refractivity contribution in [3.8, 4) is 5.75 Å². The monoisotopic (exact) mass is 368 g/mol. The number of ether oxygens (including phenoxy) is 2. The molecule has 2 rings (SSSR count). The van der Waals surface area contributed by atoms with Crippen LogP contribution >= 0.6 is 12.4 Å². The van der Waals surface area contributed by atoms with E-state index in [1.54, 1.807) is 0 Å². The van der Waals surface area contributed by atoms with Crippen LogP contribution in [0.4, 0.5) is 13.2 Å². The van der Waals surface area contributed by atoms with E-state index in [9.17, 15) is 18.0 Å². The number of benzene rings is 1. The van der Waals surface area contributed by atoms with Crippen LogP contribution in [0.25, 0.3) is 0 Å².